The van der Waals surface area contributed by atoms with E-state index < -0.39 is 5.60 Å². The van der Waals surface area contributed by atoms with Gasteiger partial charge in [-0.1, -0.05) is 0 Å². The fourth-order valence-corrected chi connectivity index (χ4v) is 1.93. The Morgan fingerprint density at radius 2 is 2.06 bits per heavy atom. The van der Waals surface area contributed by atoms with Gasteiger partial charge in [0.05, 0.1) is 6.10 Å². The van der Waals surface area contributed by atoms with Gasteiger partial charge in [-0.2, -0.15) is 0 Å². The monoisotopic (exact) mass is 229 g/mol. The highest BCUT2D eigenvalue weighted by Crippen LogP contribution is 2.22. The van der Waals surface area contributed by atoms with Crippen LogP contribution in [0.4, 0.5) is 4.79 Å². The maximum atomic E-state index is 11.5. The van der Waals surface area contributed by atoms with Crippen LogP contribution >= 0.6 is 0 Å². The van der Waals surface area contributed by atoms with Gasteiger partial charge in [0.2, 0.25) is 0 Å². The maximum Gasteiger partial charge on any atom is 0.407 e. The predicted molar refractivity (Wildman–Crippen MR) is 62.4 cm³/mol. The topological polar surface area (TPSA) is 47.6 Å². The molecule has 1 saturated carbocycles. The van der Waals surface area contributed by atoms with Gasteiger partial charge in [0, 0.05) is 12.6 Å². The Morgan fingerprint density at radius 3 is 2.62 bits per heavy atom. The highest BCUT2D eigenvalue weighted by Gasteiger charge is 2.27. The lowest BCUT2D eigenvalue weighted by atomic mass is 10.2. The molecule has 0 aromatic rings. The third kappa shape index (κ3) is 4.84. The zero-order valence-corrected chi connectivity index (χ0v) is 10.7. The largest absolute Gasteiger partial charge is 0.444 e. The van der Waals surface area contributed by atoms with Gasteiger partial charge in [-0.05, 0) is 47.0 Å². The number of alkyl carbamates (subject to hydrolysis) is 1. The van der Waals surface area contributed by atoms with Crippen molar-refractivity contribution in [3.05, 3.63) is 0 Å². The number of carbonyl (C=O) groups excluding carboxylic acids is 1. The Balaban J connectivity index is 2.26. The van der Waals surface area contributed by atoms with Gasteiger partial charge in [-0.3, -0.25) is 0 Å². The third-order valence-corrected chi connectivity index (χ3v) is 2.51. The number of hydrogen-bond acceptors (Lipinski definition) is 3. The first-order valence-corrected chi connectivity index (χ1v) is 6.02. The van der Waals surface area contributed by atoms with Crippen molar-refractivity contribution in [3.63, 3.8) is 0 Å². The van der Waals surface area contributed by atoms with Crippen LogP contribution in [-0.4, -0.2) is 30.4 Å². The van der Waals surface area contributed by atoms with E-state index in [2.05, 4.69) is 5.32 Å². The van der Waals surface area contributed by atoms with Crippen molar-refractivity contribution in [1.29, 1.82) is 0 Å². The van der Waals surface area contributed by atoms with E-state index in [0.717, 1.165) is 25.9 Å². The van der Waals surface area contributed by atoms with Crippen LogP contribution in [0.2, 0.25) is 0 Å². The highest BCUT2D eigenvalue weighted by atomic mass is 16.6. The van der Waals surface area contributed by atoms with Gasteiger partial charge in [0.25, 0.3) is 0 Å². The Hall–Kier alpha value is -0.770. The first-order chi connectivity index (χ1) is 7.40. The Bertz CT molecular complexity index is 235. The first-order valence-electron chi connectivity index (χ1n) is 6.02. The molecule has 0 bridgehead atoms. The minimum absolute atomic E-state index is 0.200. The van der Waals surface area contributed by atoms with Crippen molar-refractivity contribution in [2.24, 2.45) is 0 Å². The van der Waals surface area contributed by atoms with E-state index in [1.54, 1.807) is 0 Å². The van der Waals surface area contributed by atoms with Gasteiger partial charge in [0.1, 0.15) is 5.60 Å². The molecule has 0 heterocycles. The number of ether oxygens (including phenoxy) is 2. The van der Waals surface area contributed by atoms with E-state index in [-0.39, 0.29) is 12.1 Å². The number of carbonyl (C=O) groups is 1. The van der Waals surface area contributed by atoms with E-state index in [0.29, 0.717) is 6.10 Å². The van der Waals surface area contributed by atoms with Crippen LogP contribution in [0, 0.1) is 0 Å². The van der Waals surface area contributed by atoms with Crippen LogP contribution in [0.3, 0.4) is 0 Å². The van der Waals surface area contributed by atoms with Gasteiger partial charge < -0.3 is 14.8 Å². The Labute approximate surface area is 97.7 Å². The van der Waals surface area contributed by atoms with Crippen LogP contribution in [0.1, 0.15) is 47.0 Å². The summed E-state index contributed by atoms with van der Waals surface area (Å²) in [5.74, 6) is 0. The standard InChI is InChI=1S/C12H23NO3/c1-5-15-10-7-6-9(8-10)13-11(14)16-12(2,3)4/h9-10H,5-8H2,1-4H3,(H,13,14)/t9-,10+/m0/s1. The predicted octanol–water partition coefficient (Wildman–Crippen LogP) is 2.47. The Kier molecular flexibility index (Phi) is 4.59. The van der Waals surface area contributed by atoms with Crippen molar-refractivity contribution in [2.45, 2.75) is 64.7 Å². The molecule has 4 heteroatoms. The van der Waals surface area contributed by atoms with Crippen molar-refractivity contribution in [2.75, 3.05) is 6.61 Å². The molecule has 1 amide bonds. The van der Waals surface area contributed by atoms with Gasteiger partial charge in [-0.25, -0.2) is 4.79 Å². The molecular formula is C12H23NO3. The lowest BCUT2D eigenvalue weighted by molar-refractivity contribution is 0.0481. The number of amides is 1. The van der Waals surface area contributed by atoms with Crippen molar-refractivity contribution in [3.8, 4) is 0 Å². The molecule has 0 aromatic carbocycles. The summed E-state index contributed by atoms with van der Waals surface area (Å²) in [5, 5.41) is 2.88. The fourth-order valence-electron chi connectivity index (χ4n) is 1.93. The van der Waals surface area contributed by atoms with Crippen LogP contribution in [0.5, 0.6) is 0 Å². The van der Waals surface area contributed by atoms with Crippen molar-refractivity contribution in [1.82, 2.24) is 5.32 Å². The van der Waals surface area contributed by atoms with Gasteiger partial charge in [-0.15, -0.1) is 0 Å². The number of hydrogen-bond donors (Lipinski definition) is 1. The quantitative estimate of drug-likeness (QED) is 0.808. The summed E-state index contributed by atoms with van der Waals surface area (Å²) in [5.41, 5.74) is -0.429. The van der Waals surface area contributed by atoms with Gasteiger partial charge in [0.15, 0.2) is 0 Å². The molecule has 0 aromatic heterocycles. The van der Waals surface area contributed by atoms with Gasteiger partial charge >= 0.3 is 6.09 Å². The van der Waals surface area contributed by atoms with Crippen LogP contribution in [0.25, 0.3) is 0 Å². The summed E-state index contributed by atoms with van der Waals surface area (Å²) in [6.07, 6.45) is 2.87. The molecule has 0 unspecified atom stereocenters. The van der Waals surface area contributed by atoms with Crippen molar-refractivity contribution >= 4 is 6.09 Å². The van der Waals surface area contributed by atoms with Crippen molar-refractivity contribution < 1.29 is 14.3 Å². The van der Waals surface area contributed by atoms with E-state index in [4.69, 9.17) is 9.47 Å². The fraction of sp³-hybridized carbons (Fsp3) is 0.917. The van der Waals surface area contributed by atoms with Crippen LogP contribution in [0.15, 0.2) is 0 Å². The van der Waals surface area contributed by atoms with E-state index in [1.807, 2.05) is 27.7 Å². The van der Waals surface area contributed by atoms with Crippen LogP contribution < -0.4 is 5.32 Å². The highest BCUT2D eigenvalue weighted by molar-refractivity contribution is 5.68. The maximum absolute atomic E-state index is 11.5. The summed E-state index contributed by atoms with van der Waals surface area (Å²) in [7, 11) is 0. The molecule has 0 spiro atoms. The second-order valence-corrected chi connectivity index (χ2v) is 5.23. The summed E-state index contributed by atoms with van der Waals surface area (Å²) in [6.45, 7) is 8.33. The van der Waals surface area contributed by atoms with E-state index in [1.165, 1.54) is 0 Å². The summed E-state index contributed by atoms with van der Waals surface area (Å²) < 4.78 is 10.7. The molecule has 2 atom stereocenters. The third-order valence-electron chi connectivity index (χ3n) is 2.51. The normalized spacial score (nSPS) is 25.5. The molecule has 1 fully saturated rings. The lowest BCUT2D eigenvalue weighted by Crippen LogP contribution is -2.38. The molecule has 1 aliphatic rings. The lowest BCUT2D eigenvalue weighted by Gasteiger charge is -2.21. The molecule has 0 saturated heterocycles. The molecule has 94 valence electrons. The second-order valence-electron chi connectivity index (χ2n) is 5.23. The summed E-state index contributed by atoms with van der Waals surface area (Å²) in [6, 6.07) is 0.200. The zero-order valence-electron chi connectivity index (χ0n) is 10.7. The molecule has 0 aliphatic heterocycles. The minimum atomic E-state index is -0.429. The smallest absolute Gasteiger partial charge is 0.407 e. The molecule has 1 rings (SSSR count). The molecule has 16 heavy (non-hydrogen) atoms. The number of nitrogens with one attached hydrogen (secondary N) is 1. The Morgan fingerprint density at radius 1 is 1.38 bits per heavy atom. The van der Waals surface area contributed by atoms with E-state index in [9.17, 15) is 4.79 Å². The molecule has 1 N–H and O–H groups in total. The summed E-state index contributed by atoms with van der Waals surface area (Å²) >= 11 is 0. The number of rotatable bonds is 3. The summed E-state index contributed by atoms with van der Waals surface area (Å²) in [4.78, 5) is 11.5. The molecule has 4 nitrogen and oxygen atoms in total. The SMILES string of the molecule is CCO[C@@H]1CC[C@H](NC(=O)OC(C)(C)C)C1. The van der Waals surface area contributed by atoms with E-state index >= 15 is 0 Å². The molecule has 1 aliphatic carbocycles. The molecule has 0 radical (unpaired) electrons. The van der Waals surface area contributed by atoms with Crippen LogP contribution in [-0.2, 0) is 9.47 Å². The zero-order chi connectivity index (χ0) is 12.2. The average Bonchev–Trinajstić information content (AvgIpc) is 2.49. The minimum Gasteiger partial charge on any atom is -0.444 e. The molecular weight excluding hydrogens is 206 g/mol. The average molecular weight is 229 g/mol. The first kappa shape index (κ1) is 13.3. The second kappa shape index (κ2) is 5.53.